The van der Waals surface area contributed by atoms with Gasteiger partial charge in [-0.15, -0.1) is 0 Å². The molecule has 0 saturated heterocycles. The van der Waals surface area contributed by atoms with E-state index < -0.39 is 13.3 Å². The molecule has 0 fully saturated rings. The first-order chi connectivity index (χ1) is 7.08. The third kappa shape index (κ3) is 6.21. The maximum Gasteiger partial charge on any atom is 0.478 e. The average Bonchev–Trinajstić information content (AvgIpc) is 2.17. The van der Waals surface area contributed by atoms with Crippen molar-refractivity contribution < 1.29 is 12.9 Å². The molecule has 0 aliphatic rings. The number of benzene rings is 1. The maximum atomic E-state index is 11.9. The van der Waals surface area contributed by atoms with E-state index in [1.807, 2.05) is 30.3 Å². The topological polar surface area (TPSA) is 0 Å². The highest BCUT2D eigenvalue weighted by Gasteiger charge is 2.21. The summed E-state index contributed by atoms with van der Waals surface area (Å²) in [5, 5.41) is 0. The van der Waals surface area contributed by atoms with Crippen LogP contribution in [0.25, 0.3) is 0 Å². The number of hydrogen-bond donors (Lipinski definition) is 0. The van der Waals surface area contributed by atoms with E-state index in [2.05, 4.69) is 0 Å². The molecule has 0 aliphatic heterocycles. The summed E-state index contributed by atoms with van der Waals surface area (Å²) in [7, 11) is 0. The van der Waals surface area contributed by atoms with E-state index in [4.69, 9.17) is 0 Å². The molecule has 0 amide bonds. The molecule has 0 saturated carbocycles. The molecule has 4 heteroatoms. The van der Waals surface area contributed by atoms with Crippen LogP contribution in [0, 0.1) is 0 Å². The standard InChI is InChI=1S/C11H15BF3/c13-12(14,15)10-6-2-5-9-11-7-3-1-4-8-11/h1,3-4,7-8H,2,5-6,9-10H2/q-1. The Morgan fingerprint density at radius 2 is 1.53 bits per heavy atom. The van der Waals surface area contributed by atoms with E-state index in [9.17, 15) is 12.9 Å². The molecule has 1 aromatic rings. The summed E-state index contributed by atoms with van der Waals surface area (Å²) in [6.45, 7) is -4.58. The van der Waals surface area contributed by atoms with Gasteiger partial charge in [0.1, 0.15) is 0 Å². The first kappa shape index (κ1) is 12.1. The highest BCUT2D eigenvalue weighted by atomic mass is 19.4. The fourth-order valence-electron chi connectivity index (χ4n) is 1.53. The molecule has 0 unspecified atom stereocenters. The van der Waals surface area contributed by atoms with Crippen LogP contribution in [-0.2, 0) is 6.42 Å². The van der Waals surface area contributed by atoms with Gasteiger partial charge in [0.2, 0.25) is 0 Å². The molecule has 0 radical (unpaired) electrons. The van der Waals surface area contributed by atoms with Crippen molar-refractivity contribution in [2.24, 2.45) is 0 Å². The van der Waals surface area contributed by atoms with Gasteiger partial charge < -0.3 is 12.9 Å². The van der Waals surface area contributed by atoms with Gasteiger partial charge in [-0.1, -0.05) is 49.5 Å². The van der Waals surface area contributed by atoms with E-state index >= 15 is 0 Å². The molecule has 0 aliphatic carbocycles. The Kier molecular flexibility index (Phi) is 4.72. The van der Waals surface area contributed by atoms with Crippen LogP contribution in [0.5, 0.6) is 0 Å². The van der Waals surface area contributed by atoms with Crippen LogP contribution in [0.4, 0.5) is 12.9 Å². The third-order valence-corrected chi connectivity index (χ3v) is 2.34. The van der Waals surface area contributed by atoms with Crippen LogP contribution < -0.4 is 0 Å². The minimum absolute atomic E-state index is 0.274. The van der Waals surface area contributed by atoms with Crippen LogP contribution >= 0.6 is 0 Å². The Bertz CT molecular complexity index is 269. The van der Waals surface area contributed by atoms with Gasteiger partial charge in [0, 0.05) is 0 Å². The van der Waals surface area contributed by atoms with Gasteiger partial charge in [0.05, 0.1) is 0 Å². The number of unbranched alkanes of at least 4 members (excludes halogenated alkanes) is 2. The first-order valence-electron chi connectivity index (χ1n) is 5.33. The third-order valence-electron chi connectivity index (χ3n) is 2.34. The smallest absolute Gasteiger partial charge is 0.449 e. The van der Waals surface area contributed by atoms with Crippen molar-refractivity contribution in [2.75, 3.05) is 0 Å². The van der Waals surface area contributed by atoms with E-state index in [0.29, 0.717) is 6.42 Å². The van der Waals surface area contributed by atoms with Crippen LogP contribution in [0.1, 0.15) is 24.8 Å². The number of halogens is 3. The molecule has 0 nitrogen and oxygen atoms in total. The molecular formula is C11H15BF3-. The Morgan fingerprint density at radius 3 is 2.13 bits per heavy atom. The quantitative estimate of drug-likeness (QED) is 0.491. The molecular weight excluding hydrogens is 200 g/mol. The molecule has 0 aromatic heterocycles. The summed E-state index contributed by atoms with van der Waals surface area (Å²) >= 11 is 0. The second-order valence-corrected chi connectivity index (χ2v) is 3.80. The molecule has 15 heavy (non-hydrogen) atoms. The first-order valence-corrected chi connectivity index (χ1v) is 5.33. The summed E-state index contributed by atoms with van der Waals surface area (Å²) in [6, 6.07) is 9.86. The Morgan fingerprint density at radius 1 is 0.867 bits per heavy atom. The molecule has 0 bridgehead atoms. The number of aryl methyl sites for hydroxylation is 1. The fourth-order valence-corrected chi connectivity index (χ4v) is 1.53. The zero-order valence-electron chi connectivity index (χ0n) is 8.63. The van der Waals surface area contributed by atoms with Gasteiger partial charge in [-0.05, 0) is 18.4 Å². The van der Waals surface area contributed by atoms with Crippen molar-refractivity contribution in [3.05, 3.63) is 35.9 Å². The van der Waals surface area contributed by atoms with E-state index in [0.717, 1.165) is 12.8 Å². The number of rotatable bonds is 6. The largest absolute Gasteiger partial charge is 0.478 e. The van der Waals surface area contributed by atoms with Gasteiger partial charge >= 0.3 is 6.98 Å². The van der Waals surface area contributed by atoms with E-state index in [-0.39, 0.29) is 6.42 Å². The lowest BCUT2D eigenvalue weighted by atomic mass is 9.83. The molecule has 0 atom stereocenters. The van der Waals surface area contributed by atoms with Gasteiger partial charge in [-0.25, -0.2) is 0 Å². The van der Waals surface area contributed by atoms with Crippen molar-refractivity contribution in [1.82, 2.24) is 0 Å². The normalized spacial score (nSPS) is 11.7. The van der Waals surface area contributed by atoms with Crippen LogP contribution in [-0.4, -0.2) is 6.98 Å². The van der Waals surface area contributed by atoms with Crippen molar-refractivity contribution in [2.45, 2.75) is 32.0 Å². The van der Waals surface area contributed by atoms with Gasteiger partial charge in [0.25, 0.3) is 0 Å². The summed E-state index contributed by atoms with van der Waals surface area (Å²) < 4.78 is 35.6. The van der Waals surface area contributed by atoms with Gasteiger partial charge in [-0.3, -0.25) is 0 Å². The molecule has 0 spiro atoms. The van der Waals surface area contributed by atoms with Crippen molar-refractivity contribution in [3.8, 4) is 0 Å². The SMILES string of the molecule is F[B-](F)(F)CCCCCc1ccccc1. The number of hydrogen-bond acceptors (Lipinski definition) is 0. The molecule has 1 aromatic carbocycles. The van der Waals surface area contributed by atoms with Crippen molar-refractivity contribution >= 4 is 6.98 Å². The Labute approximate surface area is 88.6 Å². The van der Waals surface area contributed by atoms with Crippen LogP contribution in [0.2, 0.25) is 6.32 Å². The summed E-state index contributed by atoms with van der Waals surface area (Å²) in [4.78, 5) is 0. The van der Waals surface area contributed by atoms with E-state index in [1.165, 1.54) is 5.56 Å². The van der Waals surface area contributed by atoms with Crippen LogP contribution in [0.15, 0.2) is 30.3 Å². The molecule has 84 valence electrons. The van der Waals surface area contributed by atoms with Gasteiger partial charge in [-0.2, -0.15) is 0 Å². The lowest BCUT2D eigenvalue weighted by molar-refractivity contribution is 0.460. The average molecular weight is 215 g/mol. The monoisotopic (exact) mass is 215 g/mol. The van der Waals surface area contributed by atoms with E-state index in [1.54, 1.807) is 0 Å². The Hall–Kier alpha value is -0.925. The lowest BCUT2D eigenvalue weighted by Crippen LogP contribution is -2.13. The highest BCUT2D eigenvalue weighted by Crippen LogP contribution is 2.19. The summed E-state index contributed by atoms with van der Waals surface area (Å²) in [6.07, 6.45) is 2.07. The summed E-state index contributed by atoms with van der Waals surface area (Å²) in [5.74, 6) is 0. The fraction of sp³-hybridized carbons (Fsp3) is 0.455. The predicted molar refractivity (Wildman–Crippen MR) is 57.9 cm³/mol. The molecule has 0 N–H and O–H groups in total. The zero-order valence-corrected chi connectivity index (χ0v) is 8.63. The molecule has 1 rings (SSSR count). The zero-order chi connectivity index (χ0) is 11.1. The Balaban J connectivity index is 2.08. The minimum Gasteiger partial charge on any atom is -0.449 e. The van der Waals surface area contributed by atoms with Crippen LogP contribution in [0.3, 0.4) is 0 Å². The van der Waals surface area contributed by atoms with Gasteiger partial charge in [0.15, 0.2) is 0 Å². The predicted octanol–water partition coefficient (Wildman–Crippen LogP) is 4.25. The van der Waals surface area contributed by atoms with Crippen molar-refractivity contribution in [3.63, 3.8) is 0 Å². The highest BCUT2D eigenvalue weighted by molar-refractivity contribution is 6.58. The lowest BCUT2D eigenvalue weighted by Gasteiger charge is -2.12. The molecule has 0 heterocycles. The second-order valence-electron chi connectivity index (χ2n) is 3.80. The maximum absolute atomic E-state index is 11.9. The summed E-state index contributed by atoms with van der Waals surface area (Å²) in [5.41, 5.74) is 1.20. The second kappa shape index (κ2) is 5.84. The minimum atomic E-state index is -4.58. The van der Waals surface area contributed by atoms with Crippen molar-refractivity contribution in [1.29, 1.82) is 0 Å².